The third-order valence-electron chi connectivity index (χ3n) is 4.34. The van der Waals surface area contributed by atoms with Crippen LogP contribution in [0.25, 0.3) is 0 Å². The summed E-state index contributed by atoms with van der Waals surface area (Å²) in [6.45, 7) is 2.12. The number of halogens is 2. The number of nitrogens with one attached hydrogen (secondary N) is 1. The van der Waals surface area contributed by atoms with Gasteiger partial charge in [0.15, 0.2) is 0 Å². The SMILES string of the molecule is C[C@@H](NC1CC(c2ccccc2Cl)C1)c1ccc(F)cc1. The molecule has 1 N–H and O–H groups in total. The van der Waals surface area contributed by atoms with Crippen LogP contribution in [0.1, 0.15) is 42.9 Å². The van der Waals surface area contributed by atoms with Crippen LogP contribution in [-0.2, 0) is 0 Å². The fourth-order valence-corrected chi connectivity index (χ4v) is 3.31. The summed E-state index contributed by atoms with van der Waals surface area (Å²) in [5, 5.41) is 4.47. The first-order chi connectivity index (χ1) is 10.1. The molecule has 1 fully saturated rings. The molecule has 1 nitrogen and oxygen atoms in total. The van der Waals surface area contributed by atoms with Crippen LogP contribution < -0.4 is 5.32 Å². The van der Waals surface area contributed by atoms with E-state index in [0.717, 1.165) is 23.4 Å². The lowest BCUT2D eigenvalue weighted by Gasteiger charge is -2.38. The van der Waals surface area contributed by atoms with Crippen LogP contribution in [0.5, 0.6) is 0 Å². The molecule has 2 aromatic rings. The number of benzene rings is 2. The van der Waals surface area contributed by atoms with Crippen LogP contribution in [0.4, 0.5) is 4.39 Å². The maximum Gasteiger partial charge on any atom is 0.123 e. The van der Waals surface area contributed by atoms with Crippen molar-refractivity contribution in [2.45, 2.75) is 37.8 Å². The predicted molar refractivity (Wildman–Crippen MR) is 85.2 cm³/mol. The van der Waals surface area contributed by atoms with Crippen LogP contribution >= 0.6 is 11.6 Å². The van der Waals surface area contributed by atoms with Crippen molar-refractivity contribution in [3.63, 3.8) is 0 Å². The Kier molecular flexibility index (Phi) is 4.27. The second kappa shape index (κ2) is 6.17. The van der Waals surface area contributed by atoms with Gasteiger partial charge in [0.25, 0.3) is 0 Å². The van der Waals surface area contributed by atoms with Crippen molar-refractivity contribution in [3.8, 4) is 0 Å². The molecule has 1 saturated carbocycles. The summed E-state index contributed by atoms with van der Waals surface area (Å²) >= 11 is 6.24. The van der Waals surface area contributed by atoms with Gasteiger partial charge in [-0.2, -0.15) is 0 Å². The highest BCUT2D eigenvalue weighted by Crippen LogP contribution is 2.40. The van der Waals surface area contributed by atoms with E-state index in [2.05, 4.69) is 18.3 Å². The zero-order chi connectivity index (χ0) is 14.8. The van der Waals surface area contributed by atoms with Gasteiger partial charge in [0.1, 0.15) is 5.82 Å². The Hall–Kier alpha value is -1.38. The summed E-state index contributed by atoms with van der Waals surface area (Å²) in [7, 11) is 0. The fourth-order valence-electron chi connectivity index (χ4n) is 3.02. The Morgan fingerprint density at radius 2 is 1.76 bits per heavy atom. The van der Waals surface area contributed by atoms with Gasteiger partial charge in [0.05, 0.1) is 0 Å². The van der Waals surface area contributed by atoms with Crippen LogP contribution in [-0.4, -0.2) is 6.04 Å². The average molecular weight is 304 g/mol. The first-order valence-corrected chi connectivity index (χ1v) is 7.77. The maximum absolute atomic E-state index is 12.9. The van der Waals surface area contributed by atoms with Gasteiger partial charge < -0.3 is 5.32 Å². The van der Waals surface area contributed by atoms with Gasteiger partial charge in [-0.05, 0) is 55.0 Å². The topological polar surface area (TPSA) is 12.0 Å². The number of hydrogen-bond acceptors (Lipinski definition) is 1. The first-order valence-electron chi connectivity index (χ1n) is 7.39. The summed E-state index contributed by atoms with van der Waals surface area (Å²) in [6.07, 6.45) is 2.21. The predicted octanol–water partition coefficient (Wildman–Crippen LogP) is 5.08. The van der Waals surface area contributed by atoms with Gasteiger partial charge in [-0.15, -0.1) is 0 Å². The molecule has 0 saturated heterocycles. The zero-order valence-corrected chi connectivity index (χ0v) is 12.8. The molecule has 1 aliphatic carbocycles. The van der Waals surface area contributed by atoms with E-state index in [1.807, 2.05) is 30.3 Å². The highest BCUT2D eigenvalue weighted by molar-refractivity contribution is 6.31. The van der Waals surface area contributed by atoms with Crippen LogP contribution in [0.15, 0.2) is 48.5 Å². The second-order valence-electron chi connectivity index (χ2n) is 5.83. The Morgan fingerprint density at radius 1 is 1.10 bits per heavy atom. The van der Waals surface area contributed by atoms with Crippen LogP contribution in [0.2, 0.25) is 5.02 Å². The Balaban J connectivity index is 1.55. The largest absolute Gasteiger partial charge is 0.307 e. The van der Waals surface area contributed by atoms with Gasteiger partial charge in [-0.3, -0.25) is 0 Å². The fraction of sp³-hybridized carbons (Fsp3) is 0.333. The van der Waals surface area contributed by atoms with E-state index >= 15 is 0 Å². The van der Waals surface area contributed by atoms with Crippen molar-refractivity contribution >= 4 is 11.6 Å². The smallest absolute Gasteiger partial charge is 0.123 e. The molecular weight excluding hydrogens is 285 g/mol. The van der Waals surface area contributed by atoms with Crippen molar-refractivity contribution in [1.29, 1.82) is 0 Å². The first kappa shape index (κ1) is 14.6. The summed E-state index contributed by atoms with van der Waals surface area (Å²) in [6, 6.07) is 15.6. The van der Waals surface area contributed by atoms with E-state index in [1.165, 1.54) is 17.7 Å². The Bertz CT molecular complexity index is 605. The molecule has 110 valence electrons. The molecule has 0 amide bonds. The van der Waals surface area contributed by atoms with Crippen molar-refractivity contribution < 1.29 is 4.39 Å². The van der Waals surface area contributed by atoms with Crippen molar-refractivity contribution in [3.05, 3.63) is 70.5 Å². The van der Waals surface area contributed by atoms with E-state index < -0.39 is 0 Å². The van der Waals surface area contributed by atoms with E-state index in [0.29, 0.717) is 12.0 Å². The molecule has 21 heavy (non-hydrogen) atoms. The van der Waals surface area contributed by atoms with Crippen LogP contribution in [0, 0.1) is 5.82 Å². The lowest BCUT2D eigenvalue weighted by Crippen LogP contribution is -2.41. The summed E-state index contributed by atoms with van der Waals surface area (Å²) in [5.74, 6) is 0.366. The minimum Gasteiger partial charge on any atom is -0.307 e. The van der Waals surface area contributed by atoms with Crippen molar-refractivity contribution in [2.75, 3.05) is 0 Å². The number of hydrogen-bond donors (Lipinski definition) is 1. The monoisotopic (exact) mass is 303 g/mol. The van der Waals surface area contributed by atoms with Crippen molar-refractivity contribution in [1.82, 2.24) is 5.32 Å². The van der Waals surface area contributed by atoms with Gasteiger partial charge in [-0.1, -0.05) is 41.9 Å². The van der Waals surface area contributed by atoms with E-state index in [9.17, 15) is 4.39 Å². The normalized spacial score (nSPS) is 22.6. The summed E-state index contributed by atoms with van der Waals surface area (Å²) in [5.41, 5.74) is 2.38. The minimum absolute atomic E-state index is 0.187. The van der Waals surface area contributed by atoms with Gasteiger partial charge in [-0.25, -0.2) is 4.39 Å². The molecule has 1 atom stereocenters. The third-order valence-corrected chi connectivity index (χ3v) is 4.68. The molecule has 0 unspecified atom stereocenters. The van der Waals surface area contributed by atoms with Gasteiger partial charge >= 0.3 is 0 Å². The van der Waals surface area contributed by atoms with Gasteiger partial charge in [0.2, 0.25) is 0 Å². The minimum atomic E-state index is -0.187. The summed E-state index contributed by atoms with van der Waals surface area (Å²) in [4.78, 5) is 0. The van der Waals surface area contributed by atoms with Crippen molar-refractivity contribution in [2.24, 2.45) is 0 Å². The maximum atomic E-state index is 12.9. The molecule has 0 aromatic heterocycles. The van der Waals surface area contributed by atoms with Crippen LogP contribution in [0.3, 0.4) is 0 Å². The highest BCUT2D eigenvalue weighted by atomic mass is 35.5. The van der Waals surface area contributed by atoms with E-state index in [4.69, 9.17) is 11.6 Å². The molecule has 0 heterocycles. The molecule has 0 spiro atoms. The summed E-state index contributed by atoms with van der Waals surface area (Å²) < 4.78 is 12.9. The Morgan fingerprint density at radius 3 is 2.43 bits per heavy atom. The third kappa shape index (κ3) is 3.28. The van der Waals surface area contributed by atoms with E-state index in [-0.39, 0.29) is 11.9 Å². The molecule has 0 bridgehead atoms. The molecule has 3 rings (SSSR count). The molecular formula is C18H19ClFN. The molecule has 3 heteroatoms. The molecule has 0 radical (unpaired) electrons. The average Bonchev–Trinajstić information content (AvgIpc) is 2.44. The molecule has 1 aliphatic rings. The lowest BCUT2D eigenvalue weighted by atomic mass is 9.75. The second-order valence-corrected chi connectivity index (χ2v) is 6.23. The molecule has 0 aliphatic heterocycles. The highest BCUT2D eigenvalue weighted by Gasteiger charge is 2.32. The van der Waals surface area contributed by atoms with E-state index in [1.54, 1.807) is 0 Å². The molecule has 2 aromatic carbocycles. The zero-order valence-electron chi connectivity index (χ0n) is 12.0. The number of rotatable bonds is 4. The standard InChI is InChI=1S/C18H19ClFN/c1-12(13-6-8-15(20)9-7-13)21-16-10-14(11-16)17-4-2-3-5-18(17)19/h2-9,12,14,16,21H,10-11H2,1H3/t12-,14?,16?/m1/s1. The Labute approximate surface area is 130 Å². The van der Waals surface area contributed by atoms with Gasteiger partial charge in [0, 0.05) is 17.1 Å². The quantitative estimate of drug-likeness (QED) is 0.831. The lowest BCUT2D eigenvalue weighted by molar-refractivity contribution is 0.271.